The Morgan fingerprint density at radius 1 is 0.905 bits per heavy atom. The van der Waals surface area contributed by atoms with Gasteiger partial charge in [-0.1, -0.05) is 72.8 Å². The summed E-state index contributed by atoms with van der Waals surface area (Å²) in [6.07, 6.45) is 1.87. The predicted molar refractivity (Wildman–Crippen MR) is 156 cm³/mol. The van der Waals surface area contributed by atoms with Crippen LogP contribution in [-0.2, 0) is 30.4 Å². The van der Waals surface area contributed by atoms with Crippen LogP contribution in [-0.4, -0.2) is 13.1 Å². The Balaban J connectivity index is 1.53. The molecule has 0 saturated heterocycles. The zero-order valence-electron chi connectivity index (χ0n) is 23.1. The van der Waals surface area contributed by atoms with E-state index in [1.54, 1.807) is 42.5 Å². The number of alkyl halides is 3. The summed E-state index contributed by atoms with van der Waals surface area (Å²) in [6, 6.07) is 29.6. The van der Waals surface area contributed by atoms with Gasteiger partial charge < -0.3 is 9.47 Å². The van der Waals surface area contributed by atoms with Gasteiger partial charge in [-0.15, -0.1) is 0 Å². The van der Waals surface area contributed by atoms with E-state index < -0.39 is 17.7 Å². The molecule has 0 amide bonds. The third-order valence-electron chi connectivity index (χ3n) is 6.93. The van der Waals surface area contributed by atoms with Crippen LogP contribution >= 0.6 is 0 Å². The lowest BCUT2D eigenvalue weighted by Gasteiger charge is -2.16. The van der Waals surface area contributed by atoms with Crippen LogP contribution in [0.15, 0.2) is 103 Å². The molecule has 7 heteroatoms. The number of nitriles is 1. The Bertz CT molecular complexity index is 1550. The molecule has 0 aromatic heterocycles. The topological polar surface area (TPSA) is 59.3 Å². The van der Waals surface area contributed by atoms with Gasteiger partial charge in [-0.25, -0.2) is 4.79 Å². The van der Waals surface area contributed by atoms with Gasteiger partial charge in [0.2, 0.25) is 0 Å². The van der Waals surface area contributed by atoms with Crippen LogP contribution in [0.4, 0.5) is 13.2 Å². The summed E-state index contributed by atoms with van der Waals surface area (Å²) in [6.45, 7) is -0.213. The quantitative estimate of drug-likeness (QED) is 0.170. The fourth-order valence-electron chi connectivity index (χ4n) is 4.63. The first-order valence-electron chi connectivity index (χ1n) is 13.5. The van der Waals surface area contributed by atoms with E-state index in [9.17, 15) is 18.0 Å². The lowest BCUT2D eigenvalue weighted by atomic mass is 9.91. The third kappa shape index (κ3) is 8.34. The van der Waals surface area contributed by atoms with Gasteiger partial charge in [0.05, 0.1) is 29.9 Å². The molecular weight excluding hydrogens is 539 g/mol. The lowest BCUT2D eigenvalue weighted by Crippen LogP contribution is -2.10. The van der Waals surface area contributed by atoms with Gasteiger partial charge in [-0.05, 0) is 72.7 Å². The number of methoxy groups -OCH3 is 1. The van der Waals surface area contributed by atoms with Crippen molar-refractivity contribution < 1.29 is 27.4 Å². The molecule has 0 radical (unpaired) electrons. The van der Waals surface area contributed by atoms with Crippen LogP contribution in [0.3, 0.4) is 0 Å². The number of esters is 1. The summed E-state index contributed by atoms with van der Waals surface area (Å²) in [4.78, 5) is 11.8. The Labute approximate surface area is 243 Å². The molecule has 42 heavy (non-hydrogen) atoms. The fourth-order valence-corrected chi connectivity index (χ4v) is 4.63. The molecule has 1 unspecified atom stereocenters. The van der Waals surface area contributed by atoms with E-state index in [4.69, 9.17) is 14.7 Å². The molecule has 4 nitrogen and oxygen atoms in total. The minimum atomic E-state index is -4.46. The average Bonchev–Trinajstić information content (AvgIpc) is 3.01. The third-order valence-corrected chi connectivity index (χ3v) is 6.93. The number of carbonyl (C=O) groups is 1. The number of halogens is 3. The van der Waals surface area contributed by atoms with E-state index in [1.807, 2.05) is 42.5 Å². The van der Waals surface area contributed by atoms with Crippen molar-refractivity contribution in [3.63, 3.8) is 0 Å². The van der Waals surface area contributed by atoms with Crippen molar-refractivity contribution in [3.8, 4) is 11.8 Å². The first-order chi connectivity index (χ1) is 20.3. The number of hydrogen-bond donors (Lipinski definition) is 0. The number of para-hydroxylation sites is 1. The molecule has 0 aliphatic heterocycles. The SMILES string of the molecule is COC(=O)c1ccc(CC(C=Cc2ccccc2OCc2ccccc2C(F)(F)F)CCc2ccc(C#N)cc2)cc1. The summed E-state index contributed by atoms with van der Waals surface area (Å²) >= 11 is 0. The van der Waals surface area contributed by atoms with Crippen LogP contribution in [0.5, 0.6) is 5.75 Å². The standard InChI is InChI=1S/C35H30F3NO3/c1-41-34(40)30-20-17-27(18-21-30)22-26(13-10-25-11-14-28(23-39)15-12-25)16-19-29-6-3-5-9-33(29)42-24-31-7-2-4-8-32(31)35(36,37)38/h2-9,11-12,14-21,26H,10,13,22,24H2,1H3. The monoisotopic (exact) mass is 569 g/mol. The molecule has 0 bridgehead atoms. The summed E-state index contributed by atoms with van der Waals surface area (Å²) in [5.74, 6) is 0.191. The molecular formula is C35H30F3NO3. The first-order valence-corrected chi connectivity index (χ1v) is 13.5. The zero-order chi connectivity index (χ0) is 30.0. The normalized spacial score (nSPS) is 12.1. The van der Waals surface area contributed by atoms with E-state index in [0.29, 0.717) is 23.3 Å². The maximum atomic E-state index is 13.5. The highest BCUT2D eigenvalue weighted by molar-refractivity contribution is 5.89. The molecule has 4 aromatic carbocycles. The second-order valence-electron chi connectivity index (χ2n) is 9.84. The molecule has 0 aliphatic rings. The number of ether oxygens (including phenoxy) is 2. The molecule has 4 rings (SSSR count). The number of carbonyl (C=O) groups excluding carboxylic acids is 1. The van der Waals surface area contributed by atoms with E-state index in [2.05, 4.69) is 12.1 Å². The van der Waals surface area contributed by atoms with Gasteiger partial charge in [0.25, 0.3) is 0 Å². The predicted octanol–water partition coefficient (Wildman–Crippen LogP) is 8.45. The van der Waals surface area contributed by atoms with Crippen LogP contribution in [0.1, 0.15) is 50.2 Å². The first kappa shape index (κ1) is 30.1. The van der Waals surface area contributed by atoms with E-state index in [1.165, 1.54) is 19.2 Å². The molecule has 0 aliphatic carbocycles. The summed E-state index contributed by atoms with van der Waals surface area (Å²) in [5, 5.41) is 9.08. The smallest absolute Gasteiger partial charge is 0.416 e. The van der Waals surface area contributed by atoms with Gasteiger partial charge in [0, 0.05) is 11.1 Å². The number of aryl methyl sites for hydroxylation is 1. The van der Waals surface area contributed by atoms with Crippen molar-refractivity contribution in [2.45, 2.75) is 32.0 Å². The maximum Gasteiger partial charge on any atom is 0.416 e. The van der Waals surface area contributed by atoms with Crippen LogP contribution in [0.2, 0.25) is 0 Å². The van der Waals surface area contributed by atoms with Gasteiger partial charge in [0.15, 0.2) is 0 Å². The fraction of sp³-hybridized carbons (Fsp3) is 0.200. The molecule has 1 atom stereocenters. The van der Waals surface area contributed by atoms with Crippen molar-refractivity contribution in [2.24, 2.45) is 5.92 Å². The van der Waals surface area contributed by atoms with Crippen LogP contribution in [0, 0.1) is 17.2 Å². The molecule has 0 saturated carbocycles. The second-order valence-corrected chi connectivity index (χ2v) is 9.84. The number of hydrogen-bond acceptors (Lipinski definition) is 4. The zero-order valence-corrected chi connectivity index (χ0v) is 23.1. The minimum Gasteiger partial charge on any atom is -0.488 e. The molecule has 0 N–H and O–H groups in total. The average molecular weight is 570 g/mol. The summed E-state index contributed by atoms with van der Waals surface area (Å²) in [7, 11) is 1.34. The molecule has 0 fully saturated rings. The second kappa shape index (κ2) is 14.2. The Morgan fingerprint density at radius 2 is 1.57 bits per heavy atom. The van der Waals surface area contributed by atoms with Gasteiger partial charge >= 0.3 is 12.1 Å². The largest absolute Gasteiger partial charge is 0.488 e. The lowest BCUT2D eigenvalue weighted by molar-refractivity contribution is -0.138. The maximum absolute atomic E-state index is 13.5. The molecule has 4 aromatic rings. The van der Waals surface area contributed by atoms with Crippen molar-refractivity contribution in [2.75, 3.05) is 7.11 Å². The van der Waals surface area contributed by atoms with Crippen molar-refractivity contribution >= 4 is 12.0 Å². The van der Waals surface area contributed by atoms with Crippen LogP contribution in [0.25, 0.3) is 6.08 Å². The van der Waals surface area contributed by atoms with E-state index in [0.717, 1.165) is 35.6 Å². The van der Waals surface area contributed by atoms with Crippen LogP contribution < -0.4 is 4.74 Å². The van der Waals surface area contributed by atoms with Crippen molar-refractivity contribution in [1.29, 1.82) is 5.26 Å². The van der Waals surface area contributed by atoms with Gasteiger partial charge in [-0.3, -0.25) is 0 Å². The Hall–Kier alpha value is -4.83. The van der Waals surface area contributed by atoms with Crippen molar-refractivity contribution in [1.82, 2.24) is 0 Å². The molecule has 0 spiro atoms. The highest BCUT2D eigenvalue weighted by Gasteiger charge is 2.33. The van der Waals surface area contributed by atoms with E-state index in [-0.39, 0.29) is 18.1 Å². The molecule has 0 heterocycles. The number of benzene rings is 4. The van der Waals surface area contributed by atoms with Gasteiger partial charge in [-0.2, -0.15) is 18.4 Å². The number of rotatable bonds is 11. The highest BCUT2D eigenvalue weighted by atomic mass is 19.4. The summed E-state index contributed by atoms with van der Waals surface area (Å²) in [5.41, 5.74) is 3.36. The summed E-state index contributed by atoms with van der Waals surface area (Å²) < 4.78 is 51.0. The number of allylic oxidation sites excluding steroid dienone is 1. The van der Waals surface area contributed by atoms with E-state index >= 15 is 0 Å². The van der Waals surface area contributed by atoms with Crippen molar-refractivity contribution in [3.05, 3.63) is 142 Å². The van der Waals surface area contributed by atoms with Gasteiger partial charge in [0.1, 0.15) is 12.4 Å². The highest BCUT2D eigenvalue weighted by Crippen LogP contribution is 2.33. The Kier molecular flexibility index (Phi) is 10.2. The minimum absolute atomic E-state index is 0.0690. The molecule has 214 valence electrons. The Morgan fingerprint density at radius 3 is 2.26 bits per heavy atom. The number of nitrogens with zero attached hydrogens (tertiary/aromatic N) is 1.